The molecule has 0 aromatic heterocycles. The Hall–Kier alpha value is -2.68. The van der Waals surface area contributed by atoms with Crippen LogP contribution in [0.4, 0.5) is 10.5 Å². The van der Waals surface area contributed by atoms with Crippen LogP contribution in [0.15, 0.2) is 18.2 Å². The number of ether oxygens (including phenoxy) is 1. The Labute approximate surface area is 122 Å². The van der Waals surface area contributed by atoms with Gasteiger partial charge in [-0.1, -0.05) is 12.0 Å². The van der Waals surface area contributed by atoms with E-state index in [9.17, 15) is 9.59 Å². The van der Waals surface area contributed by atoms with Crippen LogP contribution in [0.5, 0.6) is 5.75 Å². The van der Waals surface area contributed by atoms with E-state index in [1.165, 1.54) is 11.0 Å². The van der Waals surface area contributed by atoms with Crippen LogP contribution in [0.2, 0.25) is 0 Å². The van der Waals surface area contributed by atoms with Gasteiger partial charge in [0.15, 0.2) is 5.75 Å². The summed E-state index contributed by atoms with van der Waals surface area (Å²) >= 11 is 0. The van der Waals surface area contributed by atoms with E-state index in [1.54, 1.807) is 26.0 Å². The number of para-hydroxylation sites is 1. The van der Waals surface area contributed by atoms with Gasteiger partial charge in [-0.25, -0.2) is 9.59 Å². The molecule has 0 unspecified atom stereocenters. The minimum absolute atomic E-state index is 0.0289. The van der Waals surface area contributed by atoms with Crippen molar-refractivity contribution in [3.8, 4) is 18.1 Å². The third-order valence-electron chi connectivity index (χ3n) is 3.10. The van der Waals surface area contributed by atoms with Crippen molar-refractivity contribution in [2.24, 2.45) is 0 Å². The molecule has 2 rings (SSSR count). The fourth-order valence-corrected chi connectivity index (χ4v) is 2.00. The van der Waals surface area contributed by atoms with Crippen molar-refractivity contribution in [2.75, 3.05) is 18.1 Å². The Balaban J connectivity index is 2.35. The highest BCUT2D eigenvalue weighted by Gasteiger charge is 2.29. The number of carboxylic acids is 1. The molecule has 110 valence electrons. The minimum Gasteiger partial charge on any atom is -0.489 e. The summed E-state index contributed by atoms with van der Waals surface area (Å²) in [5.74, 6) is 1.58. The largest absolute Gasteiger partial charge is 0.489 e. The number of carbonyl (C=O) groups excluding carboxylic acids is 1. The maximum Gasteiger partial charge on any atom is 0.339 e. The predicted octanol–water partition coefficient (Wildman–Crippen LogP) is 1.71. The number of nitrogens with one attached hydrogen (secondary N) is 1. The average Bonchev–Trinajstić information content (AvgIpc) is 2.45. The molecule has 1 heterocycles. The number of rotatable bonds is 2. The second-order valence-corrected chi connectivity index (χ2v) is 5.16. The smallest absolute Gasteiger partial charge is 0.339 e. The lowest BCUT2D eigenvalue weighted by atomic mass is 10.1. The summed E-state index contributed by atoms with van der Waals surface area (Å²) in [5, 5.41) is 11.9. The van der Waals surface area contributed by atoms with Crippen molar-refractivity contribution in [1.29, 1.82) is 0 Å². The Morgan fingerprint density at radius 2 is 2.19 bits per heavy atom. The summed E-state index contributed by atoms with van der Waals surface area (Å²) in [5.41, 5.74) is -0.340. The van der Waals surface area contributed by atoms with Gasteiger partial charge in [-0.2, -0.15) is 0 Å². The maximum atomic E-state index is 12.3. The molecule has 0 radical (unpaired) electrons. The number of nitrogens with zero attached hydrogens (tertiary/aromatic N) is 1. The molecule has 1 aromatic rings. The number of fused-ring (bicyclic) bond motifs is 1. The van der Waals surface area contributed by atoms with E-state index in [0.717, 1.165) is 0 Å². The van der Waals surface area contributed by atoms with E-state index in [0.29, 0.717) is 12.2 Å². The van der Waals surface area contributed by atoms with E-state index in [4.69, 9.17) is 16.3 Å². The summed E-state index contributed by atoms with van der Waals surface area (Å²) in [6.45, 7) is 3.96. The molecule has 0 saturated carbocycles. The molecule has 2 N–H and O–H groups in total. The predicted molar refractivity (Wildman–Crippen MR) is 77.7 cm³/mol. The standard InChI is InChI=1S/C15H16N2O4/c1-4-15(2,3)16-14(20)17-8-9-21-12-10(13(18)19)6-5-7-11(12)17/h1,5-7H,8-9H2,2-3H3,(H,16,20)(H,18,19). The third-order valence-corrected chi connectivity index (χ3v) is 3.10. The van der Waals surface area contributed by atoms with Gasteiger partial charge >= 0.3 is 12.0 Å². The number of benzene rings is 1. The fraction of sp³-hybridized carbons (Fsp3) is 0.333. The highest BCUT2D eigenvalue weighted by Crippen LogP contribution is 2.35. The van der Waals surface area contributed by atoms with Gasteiger partial charge in [-0.3, -0.25) is 4.90 Å². The molecule has 0 fully saturated rings. The van der Waals surface area contributed by atoms with Gasteiger partial charge in [-0.05, 0) is 26.0 Å². The van der Waals surface area contributed by atoms with Gasteiger partial charge in [-0.15, -0.1) is 6.42 Å². The summed E-state index contributed by atoms with van der Waals surface area (Å²) in [7, 11) is 0. The molecule has 1 aliphatic heterocycles. The van der Waals surface area contributed by atoms with E-state index in [2.05, 4.69) is 11.2 Å². The maximum absolute atomic E-state index is 12.3. The molecular formula is C15H16N2O4. The van der Waals surface area contributed by atoms with Crippen molar-refractivity contribution in [3.63, 3.8) is 0 Å². The molecule has 6 nitrogen and oxygen atoms in total. The topological polar surface area (TPSA) is 78.9 Å². The summed E-state index contributed by atoms with van der Waals surface area (Å²) in [4.78, 5) is 25.0. The van der Waals surface area contributed by atoms with Gasteiger partial charge in [0, 0.05) is 0 Å². The molecule has 0 aliphatic carbocycles. The molecule has 0 saturated heterocycles. The number of aromatic carboxylic acids is 1. The Morgan fingerprint density at radius 1 is 1.48 bits per heavy atom. The number of anilines is 1. The molecule has 0 atom stereocenters. The molecule has 2 amide bonds. The van der Waals surface area contributed by atoms with E-state index >= 15 is 0 Å². The number of carbonyl (C=O) groups is 2. The lowest BCUT2D eigenvalue weighted by molar-refractivity contribution is 0.0691. The molecule has 0 bridgehead atoms. The van der Waals surface area contributed by atoms with Crippen LogP contribution in [0.25, 0.3) is 0 Å². The van der Waals surface area contributed by atoms with Crippen molar-refractivity contribution < 1.29 is 19.4 Å². The van der Waals surface area contributed by atoms with Crippen molar-refractivity contribution in [2.45, 2.75) is 19.4 Å². The van der Waals surface area contributed by atoms with E-state index < -0.39 is 11.5 Å². The summed E-state index contributed by atoms with van der Waals surface area (Å²) in [6.07, 6.45) is 5.36. The van der Waals surface area contributed by atoms with Gasteiger partial charge in [0.25, 0.3) is 0 Å². The quantitative estimate of drug-likeness (QED) is 0.812. The van der Waals surface area contributed by atoms with Crippen LogP contribution in [0, 0.1) is 12.3 Å². The summed E-state index contributed by atoms with van der Waals surface area (Å²) in [6, 6.07) is 4.27. The second-order valence-electron chi connectivity index (χ2n) is 5.16. The zero-order chi connectivity index (χ0) is 15.6. The number of carboxylic acid groups (broad SMARTS) is 1. The van der Waals surface area contributed by atoms with Crippen molar-refractivity contribution in [1.82, 2.24) is 5.32 Å². The number of urea groups is 1. The minimum atomic E-state index is -1.10. The Bertz CT molecular complexity index is 631. The molecule has 1 aromatic carbocycles. The van der Waals surface area contributed by atoms with Crippen LogP contribution in [0.3, 0.4) is 0 Å². The normalized spacial score (nSPS) is 13.7. The number of hydrogen-bond donors (Lipinski definition) is 2. The Morgan fingerprint density at radius 3 is 2.81 bits per heavy atom. The van der Waals surface area contributed by atoms with Crippen LogP contribution in [-0.2, 0) is 0 Å². The molecule has 1 aliphatic rings. The monoisotopic (exact) mass is 288 g/mol. The number of amides is 2. The first kappa shape index (κ1) is 14.7. The molecule has 6 heteroatoms. The van der Waals surface area contributed by atoms with Crippen molar-refractivity contribution in [3.05, 3.63) is 23.8 Å². The third kappa shape index (κ3) is 2.92. The molecule has 21 heavy (non-hydrogen) atoms. The highest BCUT2D eigenvalue weighted by molar-refractivity contribution is 5.99. The van der Waals surface area contributed by atoms with Gasteiger partial charge in [0.05, 0.1) is 17.8 Å². The van der Waals surface area contributed by atoms with Gasteiger partial charge in [0.2, 0.25) is 0 Å². The Kier molecular flexibility index (Phi) is 3.76. The fourth-order valence-electron chi connectivity index (χ4n) is 2.00. The first-order chi connectivity index (χ1) is 9.85. The zero-order valence-electron chi connectivity index (χ0n) is 11.8. The molecule has 0 spiro atoms. The lowest BCUT2D eigenvalue weighted by Crippen LogP contribution is -2.51. The number of hydrogen-bond acceptors (Lipinski definition) is 3. The lowest BCUT2D eigenvalue weighted by Gasteiger charge is -2.32. The average molecular weight is 288 g/mol. The van der Waals surface area contributed by atoms with Gasteiger partial charge < -0.3 is 15.2 Å². The van der Waals surface area contributed by atoms with E-state index in [1.807, 2.05) is 0 Å². The van der Waals surface area contributed by atoms with Gasteiger partial charge in [0.1, 0.15) is 12.2 Å². The van der Waals surface area contributed by atoms with Crippen LogP contribution < -0.4 is 15.0 Å². The van der Waals surface area contributed by atoms with E-state index in [-0.39, 0.29) is 24.0 Å². The zero-order valence-corrected chi connectivity index (χ0v) is 11.8. The summed E-state index contributed by atoms with van der Waals surface area (Å²) < 4.78 is 5.41. The first-order valence-electron chi connectivity index (χ1n) is 6.42. The number of terminal acetylenes is 1. The first-order valence-corrected chi connectivity index (χ1v) is 6.42. The SMILES string of the molecule is C#CC(C)(C)NC(=O)N1CCOc2c(C(=O)O)cccc21. The molecular weight excluding hydrogens is 272 g/mol. The van der Waals surface area contributed by atoms with Crippen LogP contribution in [-0.4, -0.2) is 35.8 Å². The van der Waals surface area contributed by atoms with Crippen LogP contribution in [0.1, 0.15) is 24.2 Å². The highest BCUT2D eigenvalue weighted by atomic mass is 16.5. The van der Waals surface area contributed by atoms with Crippen molar-refractivity contribution >= 4 is 17.7 Å². The van der Waals surface area contributed by atoms with Crippen LogP contribution >= 0.6 is 0 Å². The second kappa shape index (κ2) is 5.37.